The number of anilines is 2. The molecule has 6 heteroatoms. The van der Waals surface area contributed by atoms with E-state index in [-0.39, 0.29) is 35.7 Å². The molecule has 1 aliphatic carbocycles. The highest BCUT2D eigenvalue weighted by Gasteiger charge is 2.29. The van der Waals surface area contributed by atoms with Crippen LogP contribution in [0.25, 0.3) is 0 Å². The molecule has 27 heavy (non-hydrogen) atoms. The first-order valence-electron chi connectivity index (χ1n) is 9.31. The summed E-state index contributed by atoms with van der Waals surface area (Å²) in [6, 6.07) is 10.7. The molecule has 0 bridgehead atoms. The van der Waals surface area contributed by atoms with E-state index in [4.69, 9.17) is 0 Å². The maximum atomic E-state index is 14.6. The standard InChI is InChI=1S/C21H22FN3O2/c22-20-17-9-10-23-12-15(17)5-8-18(20)25-19(26)11-13-1-6-16(7-2-13)24-21(27)14-3-4-14/h1-2,5-8,14,23H,3-4,9-12H2,(H,24,27)(H,25,26). The molecule has 3 N–H and O–H groups in total. The molecule has 1 heterocycles. The lowest BCUT2D eigenvalue weighted by atomic mass is 9.99. The lowest BCUT2D eigenvalue weighted by molar-refractivity contribution is -0.117. The summed E-state index contributed by atoms with van der Waals surface area (Å²) in [5.41, 5.74) is 3.39. The maximum Gasteiger partial charge on any atom is 0.228 e. The van der Waals surface area contributed by atoms with Gasteiger partial charge in [-0.2, -0.15) is 0 Å². The Morgan fingerprint density at radius 3 is 2.59 bits per heavy atom. The lowest BCUT2D eigenvalue weighted by Gasteiger charge is -2.19. The molecule has 0 aromatic heterocycles. The van der Waals surface area contributed by atoms with Gasteiger partial charge in [-0.15, -0.1) is 0 Å². The van der Waals surface area contributed by atoms with Crippen molar-refractivity contribution in [2.24, 2.45) is 5.92 Å². The van der Waals surface area contributed by atoms with Crippen molar-refractivity contribution in [1.82, 2.24) is 5.32 Å². The molecule has 2 aromatic carbocycles. The zero-order chi connectivity index (χ0) is 18.8. The van der Waals surface area contributed by atoms with Crippen LogP contribution in [0.5, 0.6) is 0 Å². The van der Waals surface area contributed by atoms with E-state index in [1.54, 1.807) is 30.3 Å². The van der Waals surface area contributed by atoms with Gasteiger partial charge in [0.05, 0.1) is 12.1 Å². The highest BCUT2D eigenvalue weighted by Crippen LogP contribution is 2.30. The van der Waals surface area contributed by atoms with Crippen LogP contribution < -0.4 is 16.0 Å². The predicted octanol–water partition coefficient (Wildman–Crippen LogP) is 3.00. The normalized spacial score (nSPS) is 15.7. The van der Waals surface area contributed by atoms with E-state index in [0.717, 1.165) is 36.2 Å². The van der Waals surface area contributed by atoms with Gasteiger partial charge in [0.2, 0.25) is 11.8 Å². The van der Waals surface area contributed by atoms with E-state index >= 15 is 0 Å². The minimum atomic E-state index is -0.333. The summed E-state index contributed by atoms with van der Waals surface area (Å²) in [4.78, 5) is 24.1. The highest BCUT2D eigenvalue weighted by atomic mass is 19.1. The Morgan fingerprint density at radius 1 is 1.07 bits per heavy atom. The first kappa shape index (κ1) is 17.7. The summed E-state index contributed by atoms with van der Waals surface area (Å²) >= 11 is 0. The molecule has 0 saturated heterocycles. The van der Waals surface area contributed by atoms with E-state index in [0.29, 0.717) is 18.5 Å². The molecule has 2 aromatic rings. The van der Waals surface area contributed by atoms with Crippen LogP contribution in [-0.4, -0.2) is 18.4 Å². The van der Waals surface area contributed by atoms with E-state index in [2.05, 4.69) is 16.0 Å². The zero-order valence-corrected chi connectivity index (χ0v) is 15.0. The second kappa shape index (κ2) is 7.48. The fourth-order valence-electron chi connectivity index (χ4n) is 3.31. The van der Waals surface area contributed by atoms with Gasteiger partial charge in [-0.3, -0.25) is 9.59 Å². The number of hydrogen-bond acceptors (Lipinski definition) is 3. The van der Waals surface area contributed by atoms with Crippen molar-refractivity contribution in [1.29, 1.82) is 0 Å². The molecule has 2 amide bonds. The first-order chi connectivity index (χ1) is 13.1. The number of carbonyl (C=O) groups excluding carboxylic acids is 2. The van der Waals surface area contributed by atoms with Gasteiger partial charge in [-0.05, 0) is 60.7 Å². The Hall–Kier alpha value is -2.73. The molecule has 5 nitrogen and oxygen atoms in total. The number of carbonyl (C=O) groups is 2. The van der Waals surface area contributed by atoms with Crippen LogP contribution in [0.4, 0.5) is 15.8 Å². The van der Waals surface area contributed by atoms with Crippen molar-refractivity contribution in [3.8, 4) is 0 Å². The summed E-state index contributed by atoms with van der Waals surface area (Å²) in [6.07, 6.45) is 2.69. The fourth-order valence-corrected chi connectivity index (χ4v) is 3.31. The minimum absolute atomic E-state index is 0.0542. The van der Waals surface area contributed by atoms with Gasteiger partial charge in [0.15, 0.2) is 0 Å². The Bertz CT molecular complexity index is 876. The second-order valence-corrected chi connectivity index (χ2v) is 7.18. The quantitative estimate of drug-likeness (QED) is 0.761. The molecule has 0 atom stereocenters. The van der Waals surface area contributed by atoms with Crippen molar-refractivity contribution in [2.75, 3.05) is 17.2 Å². The molecule has 0 radical (unpaired) electrons. The maximum absolute atomic E-state index is 14.6. The van der Waals surface area contributed by atoms with Crippen molar-refractivity contribution < 1.29 is 14.0 Å². The molecule has 1 aliphatic heterocycles. The average Bonchev–Trinajstić information content (AvgIpc) is 3.51. The van der Waals surface area contributed by atoms with E-state index in [9.17, 15) is 14.0 Å². The summed E-state index contributed by atoms with van der Waals surface area (Å²) < 4.78 is 14.6. The van der Waals surface area contributed by atoms with Crippen LogP contribution in [0.3, 0.4) is 0 Å². The Kier molecular flexibility index (Phi) is 4.90. The molecule has 0 unspecified atom stereocenters. The molecule has 2 aliphatic rings. The SMILES string of the molecule is O=C(Cc1ccc(NC(=O)C2CC2)cc1)Nc1ccc2c(c1F)CCNC2. The monoisotopic (exact) mass is 367 g/mol. The van der Waals surface area contributed by atoms with Crippen molar-refractivity contribution >= 4 is 23.2 Å². The fraction of sp³-hybridized carbons (Fsp3) is 0.333. The van der Waals surface area contributed by atoms with Crippen molar-refractivity contribution in [2.45, 2.75) is 32.2 Å². The second-order valence-electron chi connectivity index (χ2n) is 7.18. The first-order valence-corrected chi connectivity index (χ1v) is 9.31. The molecule has 4 rings (SSSR count). The summed E-state index contributed by atoms with van der Waals surface area (Å²) in [5.74, 6) is -0.394. The van der Waals surface area contributed by atoms with Gasteiger partial charge in [0.1, 0.15) is 5.82 Å². The van der Waals surface area contributed by atoms with Crippen LogP contribution in [-0.2, 0) is 29.0 Å². The Labute approximate surface area is 157 Å². The summed E-state index contributed by atoms with van der Waals surface area (Å²) in [7, 11) is 0. The number of fused-ring (bicyclic) bond motifs is 1. The number of benzene rings is 2. The summed E-state index contributed by atoms with van der Waals surface area (Å²) in [6.45, 7) is 1.40. The third-order valence-electron chi connectivity index (χ3n) is 5.02. The molecule has 1 saturated carbocycles. The number of amides is 2. The van der Waals surface area contributed by atoms with Crippen LogP contribution >= 0.6 is 0 Å². The molecule has 140 valence electrons. The van der Waals surface area contributed by atoms with Gasteiger partial charge >= 0.3 is 0 Å². The van der Waals surface area contributed by atoms with Gasteiger partial charge < -0.3 is 16.0 Å². The number of rotatable bonds is 5. The highest BCUT2D eigenvalue weighted by molar-refractivity contribution is 5.94. The van der Waals surface area contributed by atoms with Crippen LogP contribution in [0.1, 0.15) is 29.5 Å². The van der Waals surface area contributed by atoms with Crippen LogP contribution in [0, 0.1) is 11.7 Å². The van der Waals surface area contributed by atoms with Crippen LogP contribution in [0.15, 0.2) is 36.4 Å². The predicted molar refractivity (Wildman–Crippen MR) is 102 cm³/mol. The largest absolute Gasteiger partial charge is 0.326 e. The van der Waals surface area contributed by atoms with Gasteiger partial charge in [-0.25, -0.2) is 4.39 Å². The van der Waals surface area contributed by atoms with Gasteiger partial charge in [-0.1, -0.05) is 18.2 Å². The number of halogens is 1. The smallest absolute Gasteiger partial charge is 0.228 e. The Morgan fingerprint density at radius 2 is 1.85 bits per heavy atom. The molecule has 0 spiro atoms. The zero-order valence-electron chi connectivity index (χ0n) is 15.0. The van der Waals surface area contributed by atoms with E-state index in [1.807, 2.05) is 6.07 Å². The average molecular weight is 367 g/mol. The minimum Gasteiger partial charge on any atom is -0.326 e. The third kappa shape index (κ3) is 4.17. The lowest BCUT2D eigenvalue weighted by Crippen LogP contribution is -2.25. The third-order valence-corrected chi connectivity index (χ3v) is 5.02. The Balaban J connectivity index is 1.37. The number of nitrogens with one attached hydrogen (secondary N) is 3. The topological polar surface area (TPSA) is 70.2 Å². The molecular weight excluding hydrogens is 345 g/mol. The van der Waals surface area contributed by atoms with E-state index in [1.165, 1.54) is 0 Å². The van der Waals surface area contributed by atoms with Gasteiger partial charge in [0.25, 0.3) is 0 Å². The number of hydrogen-bond donors (Lipinski definition) is 3. The molecule has 1 fully saturated rings. The van der Waals surface area contributed by atoms with Crippen molar-refractivity contribution in [3.63, 3.8) is 0 Å². The van der Waals surface area contributed by atoms with E-state index < -0.39 is 0 Å². The van der Waals surface area contributed by atoms with Gasteiger partial charge in [0, 0.05) is 18.2 Å². The van der Waals surface area contributed by atoms with Crippen LogP contribution in [0.2, 0.25) is 0 Å². The summed E-state index contributed by atoms with van der Waals surface area (Å²) in [5, 5.41) is 8.75. The molecular formula is C21H22FN3O2. The van der Waals surface area contributed by atoms with Crippen molar-refractivity contribution in [3.05, 3.63) is 58.9 Å².